The number of rotatable bonds is 9. The zero-order valence-electron chi connectivity index (χ0n) is 19.6. The van der Waals surface area contributed by atoms with Crippen molar-refractivity contribution in [3.8, 4) is 16.3 Å². The molecule has 3 heterocycles. The van der Waals surface area contributed by atoms with E-state index in [0.29, 0.717) is 46.8 Å². The molecule has 194 valence electrons. The molecule has 1 atom stereocenters. The first-order valence-corrected chi connectivity index (χ1v) is 14.2. The van der Waals surface area contributed by atoms with Crippen LogP contribution in [0.25, 0.3) is 10.4 Å². The molecule has 4 rings (SSSR count). The number of nitrogens with one attached hydrogen (secondary N) is 2. The van der Waals surface area contributed by atoms with E-state index in [1.807, 2.05) is 6.92 Å². The Morgan fingerprint density at radius 2 is 1.97 bits per heavy atom. The molecule has 9 nitrogen and oxygen atoms in total. The first-order valence-electron chi connectivity index (χ1n) is 11.2. The third-order valence-corrected chi connectivity index (χ3v) is 8.86. The smallest absolute Gasteiger partial charge is 0.267 e. The predicted octanol–water partition coefficient (Wildman–Crippen LogP) is 5.18. The van der Waals surface area contributed by atoms with E-state index >= 15 is 0 Å². The molecule has 1 aliphatic heterocycles. The van der Waals surface area contributed by atoms with Crippen molar-refractivity contribution in [2.75, 3.05) is 30.4 Å². The second-order valence-corrected chi connectivity index (χ2v) is 11.8. The average Bonchev–Trinajstić information content (AvgIpc) is 3.21. The van der Waals surface area contributed by atoms with Gasteiger partial charge in [-0.2, -0.15) is 0 Å². The number of ether oxygens (including phenoxy) is 2. The molecule has 13 heteroatoms. The minimum atomic E-state index is -4.16. The molecule has 3 N–H and O–H groups in total. The minimum absolute atomic E-state index is 0.0623. The molecule has 0 saturated carbocycles. The summed E-state index contributed by atoms with van der Waals surface area (Å²) >= 11 is 13.6. The summed E-state index contributed by atoms with van der Waals surface area (Å²) in [6, 6.07) is 6.14. The Hall–Kier alpha value is -2.15. The fraction of sp³-hybridized carbons (Fsp3) is 0.391. The quantitative estimate of drug-likeness (QED) is 0.300. The number of thiazole rings is 1. The average molecular weight is 574 g/mol. The van der Waals surface area contributed by atoms with E-state index in [9.17, 15) is 13.5 Å². The Kier molecular flexibility index (Phi) is 8.59. The Bertz CT molecular complexity index is 1310. The number of pyridine rings is 1. The topological polar surface area (TPSA) is 123 Å². The molecule has 1 aliphatic rings. The van der Waals surface area contributed by atoms with Gasteiger partial charge in [-0.1, -0.05) is 40.6 Å². The van der Waals surface area contributed by atoms with Gasteiger partial charge >= 0.3 is 0 Å². The molecule has 0 radical (unpaired) electrons. The van der Waals surface area contributed by atoms with Crippen LogP contribution in [0.1, 0.15) is 25.0 Å². The summed E-state index contributed by atoms with van der Waals surface area (Å²) in [6.45, 7) is 3.23. The summed E-state index contributed by atoms with van der Waals surface area (Å²) in [7, 11) is -2.82. The first kappa shape index (κ1) is 26.9. The van der Waals surface area contributed by atoms with E-state index < -0.39 is 16.3 Å². The highest BCUT2D eigenvalue weighted by Crippen LogP contribution is 2.37. The van der Waals surface area contributed by atoms with Crippen LogP contribution in [0, 0.1) is 12.8 Å². The summed E-state index contributed by atoms with van der Waals surface area (Å²) in [4.78, 5) is 9.24. The molecule has 0 aliphatic carbocycles. The van der Waals surface area contributed by atoms with Crippen LogP contribution < -0.4 is 14.8 Å². The molecule has 1 unspecified atom stereocenters. The van der Waals surface area contributed by atoms with Crippen LogP contribution in [0.15, 0.2) is 35.4 Å². The van der Waals surface area contributed by atoms with Crippen LogP contribution in [0.3, 0.4) is 0 Å². The van der Waals surface area contributed by atoms with E-state index in [4.69, 9.17) is 32.7 Å². The van der Waals surface area contributed by atoms with E-state index in [1.54, 1.807) is 6.07 Å². The number of methoxy groups -OCH3 is 1. The van der Waals surface area contributed by atoms with Gasteiger partial charge in [0.25, 0.3) is 10.0 Å². The maximum Gasteiger partial charge on any atom is 0.267 e. The van der Waals surface area contributed by atoms with Gasteiger partial charge < -0.3 is 19.9 Å². The van der Waals surface area contributed by atoms with Gasteiger partial charge in [0.15, 0.2) is 5.13 Å². The van der Waals surface area contributed by atoms with Gasteiger partial charge in [0.1, 0.15) is 11.1 Å². The maximum atomic E-state index is 13.3. The highest BCUT2D eigenvalue weighted by Gasteiger charge is 2.25. The Balaban J connectivity index is 1.59. The van der Waals surface area contributed by atoms with Crippen molar-refractivity contribution in [1.29, 1.82) is 0 Å². The normalized spacial score (nSPS) is 15.5. The van der Waals surface area contributed by atoms with Crippen molar-refractivity contribution in [1.82, 2.24) is 9.97 Å². The molecule has 1 saturated heterocycles. The van der Waals surface area contributed by atoms with Gasteiger partial charge in [-0.25, -0.2) is 18.4 Å². The van der Waals surface area contributed by atoms with Crippen LogP contribution in [0.4, 0.5) is 10.8 Å². The molecule has 0 spiro atoms. The molecule has 0 amide bonds. The molecular formula is C23H26Cl2N4O5S2. The number of para-hydroxylation sites is 1. The Labute approximate surface area is 223 Å². The number of anilines is 2. The standard InChI is InChI=1S/C23H26Cl2N4O5S2/c1-13-21(35-23(27-13)28-19(30)10-14-6-8-34-9-7-14)15-11-18(22(33-2)26-12-15)36(31,32)29-20-16(24)4-3-5-17(20)25/h3-5,11-12,14,19,29-30H,6-10H2,1-2H3,(H,27,28). The van der Waals surface area contributed by atoms with Crippen molar-refractivity contribution in [2.24, 2.45) is 5.92 Å². The lowest BCUT2D eigenvalue weighted by molar-refractivity contribution is 0.0484. The highest BCUT2D eigenvalue weighted by atomic mass is 35.5. The number of nitrogens with zero attached hydrogens (tertiary/aromatic N) is 2. The second-order valence-electron chi connectivity index (χ2n) is 8.32. The molecule has 2 aromatic heterocycles. The van der Waals surface area contributed by atoms with E-state index in [2.05, 4.69) is 20.0 Å². The van der Waals surface area contributed by atoms with E-state index in [-0.39, 0.29) is 26.5 Å². The number of aliphatic hydroxyl groups excluding tert-OH is 1. The molecule has 1 fully saturated rings. The van der Waals surface area contributed by atoms with Gasteiger partial charge in [0.05, 0.1) is 33.4 Å². The Morgan fingerprint density at radius 3 is 2.64 bits per heavy atom. The third-order valence-electron chi connectivity index (χ3n) is 5.75. The molecular weight excluding hydrogens is 547 g/mol. The zero-order chi connectivity index (χ0) is 25.9. The second kappa shape index (κ2) is 11.5. The van der Waals surface area contributed by atoms with Crippen LogP contribution in [0.2, 0.25) is 10.0 Å². The van der Waals surface area contributed by atoms with Crippen molar-refractivity contribution in [2.45, 2.75) is 37.3 Å². The number of sulfonamides is 1. The number of hydrogen-bond donors (Lipinski definition) is 3. The first-order chi connectivity index (χ1) is 17.2. The van der Waals surface area contributed by atoms with Crippen molar-refractivity contribution < 1.29 is 23.0 Å². The fourth-order valence-corrected chi connectivity index (χ4v) is 6.76. The largest absolute Gasteiger partial charge is 0.480 e. The number of benzene rings is 1. The lowest BCUT2D eigenvalue weighted by Crippen LogP contribution is -2.26. The van der Waals surface area contributed by atoms with Gasteiger partial charge in [-0.3, -0.25) is 4.72 Å². The van der Waals surface area contributed by atoms with Crippen LogP contribution in [-0.4, -0.2) is 50.0 Å². The van der Waals surface area contributed by atoms with Gasteiger partial charge in [-0.15, -0.1) is 0 Å². The maximum absolute atomic E-state index is 13.3. The number of hydrogen-bond acceptors (Lipinski definition) is 9. The van der Waals surface area contributed by atoms with Crippen molar-refractivity contribution in [3.63, 3.8) is 0 Å². The monoisotopic (exact) mass is 572 g/mol. The van der Waals surface area contributed by atoms with Crippen molar-refractivity contribution >= 4 is 55.4 Å². The number of aliphatic hydroxyl groups is 1. The minimum Gasteiger partial charge on any atom is -0.480 e. The van der Waals surface area contributed by atoms with Crippen LogP contribution in [-0.2, 0) is 14.8 Å². The number of aryl methyl sites for hydroxylation is 1. The third kappa shape index (κ3) is 6.21. The van der Waals surface area contributed by atoms with Crippen LogP contribution in [0.5, 0.6) is 5.88 Å². The molecule has 36 heavy (non-hydrogen) atoms. The zero-order valence-corrected chi connectivity index (χ0v) is 22.8. The fourth-order valence-electron chi connectivity index (χ4n) is 3.91. The van der Waals surface area contributed by atoms with Crippen LogP contribution >= 0.6 is 34.5 Å². The molecule has 1 aromatic carbocycles. The van der Waals surface area contributed by atoms with Crippen molar-refractivity contribution in [3.05, 3.63) is 46.2 Å². The summed E-state index contributed by atoms with van der Waals surface area (Å²) in [6.07, 6.45) is 3.20. The predicted molar refractivity (Wildman–Crippen MR) is 142 cm³/mol. The summed E-state index contributed by atoms with van der Waals surface area (Å²) in [5.41, 5.74) is 1.26. The summed E-state index contributed by atoms with van der Waals surface area (Å²) in [5, 5.41) is 14.4. The van der Waals surface area contributed by atoms with Gasteiger partial charge in [0, 0.05) is 25.0 Å². The number of halogens is 2. The number of aromatic nitrogens is 2. The highest BCUT2D eigenvalue weighted by molar-refractivity contribution is 7.92. The van der Waals surface area contributed by atoms with E-state index in [1.165, 1.54) is 42.8 Å². The van der Waals surface area contributed by atoms with E-state index in [0.717, 1.165) is 12.8 Å². The lowest BCUT2D eigenvalue weighted by Gasteiger charge is -2.24. The molecule has 0 bridgehead atoms. The van der Waals surface area contributed by atoms with Gasteiger partial charge in [-0.05, 0) is 50.3 Å². The Morgan fingerprint density at radius 1 is 1.28 bits per heavy atom. The summed E-state index contributed by atoms with van der Waals surface area (Å²) < 4.78 is 39.6. The summed E-state index contributed by atoms with van der Waals surface area (Å²) in [5.74, 6) is 0.307. The molecule has 3 aromatic rings. The lowest BCUT2D eigenvalue weighted by atomic mass is 9.96. The SMILES string of the molecule is COc1ncc(-c2sc(NC(O)CC3CCOCC3)nc2C)cc1S(=O)(=O)Nc1c(Cl)cccc1Cl. The van der Waals surface area contributed by atoms with Gasteiger partial charge in [0.2, 0.25) is 5.88 Å².